The average molecular weight is 277 g/mol. The first-order valence-corrected chi connectivity index (χ1v) is 7.17. The van der Waals surface area contributed by atoms with Crippen LogP contribution >= 0.6 is 0 Å². The molecule has 1 aliphatic carbocycles. The maximum absolute atomic E-state index is 12.0. The Balaban J connectivity index is 1.89. The largest absolute Gasteiger partial charge is 0.484 e. The van der Waals surface area contributed by atoms with Crippen LogP contribution in [0, 0.1) is 13.8 Å². The van der Waals surface area contributed by atoms with Gasteiger partial charge in [0, 0.05) is 0 Å². The van der Waals surface area contributed by atoms with E-state index in [9.17, 15) is 9.90 Å². The number of hydrogen-bond acceptors (Lipinski definition) is 3. The lowest BCUT2D eigenvalue weighted by Gasteiger charge is -2.27. The van der Waals surface area contributed by atoms with E-state index in [1.807, 2.05) is 32.0 Å². The molecule has 110 valence electrons. The molecule has 2 N–H and O–H groups in total. The van der Waals surface area contributed by atoms with Gasteiger partial charge in [-0.25, -0.2) is 0 Å². The second-order valence-corrected chi connectivity index (χ2v) is 5.75. The van der Waals surface area contributed by atoms with E-state index in [0.717, 1.165) is 37.0 Å². The molecule has 0 spiro atoms. The first-order valence-electron chi connectivity index (χ1n) is 7.17. The van der Waals surface area contributed by atoms with Crippen LogP contribution in [0.4, 0.5) is 0 Å². The van der Waals surface area contributed by atoms with Gasteiger partial charge < -0.3 is 15.2 Å². The fourth-order valence-corrected chi connectivity index (χ4v) is 2.81. The van der Waals surface area contributed by atoms with Crippen molar-refractivity contribution in [2.45, 2.75) is 45.1 Å². The fourth-order valence-electron chi connectivity index (χ4n) is 2.81. The zero-order valence-corrected chi connectivity index (χ0v) is 12.2. The van der Waals surface area contributed by atoms with Crippen LogP contribution < -0.4 is 10.1 Å². The highest BCUT2D eigenvalue weighted by Crippen LogP contribution is 2.29. The summed E-state index contributed by atoms with van der Waals surface area (Å²) in [4.78, 5) is 12.0. The molecule has 0 heterocycles. The number of ether oxygens (including phenoxy) is 1. The Morgan fingerprint density at radius 1 is 1.35 bits per heavy atom. The molecule has 2 rings (SSSR count). The normalized spacial score (nSPS) is 16.9. The first kappa shape index (κ1) is 14.9. The zero-order valence-electron chi connectivity index (χ0n) is 12.2. The van der Waals surface area contributed by atoms with Crippen molar-refractivity contribution in [1.82, 2.24) is 5.32 Å². The quantitative estimate of drug-likeness (QED) is 0.866. The molecule has 4 heteroatoms. The van der Waals surface area contributed by atoms with Crippen molar-refractivity contribution in [3.8, 4) is 5.75 Å². The van der Waals surface area contributed by atoms with Crippen molar-refractivity contribution >= 4 is 5.91 Å². The minimum Gasteiger partial charge on any atom is -0.484 e. The van der Waals surface area contributed by atoms with Gasteiger partial charge in [0.1, 0.15) is 5.75 Å². The molecular formula is C16H23NO3. The summed E-state index contributed by atoms with van der Waals surface area (Å²) in [6, 6.07) is 5.88. The lowest BCUT2D eigenvalue weighted by Crippen LogP contribution is -2.50. The molecule has 1 aromatic carbocycles. The molecule has 1 saturated carbocycles. The molecule has 1 fully saturated rings. The summed E-state index contributed by atoms with van der Waals surface area (Å²) < 4.78 is 5.56. The van der Waals surface area contributed by atoms with Gasteiger partial charge in [-0.15, -0.1) is 0 Å². The predicted octanol–water partition coefficient (Wildman–Crippen LogP) is 2.10. The third-order valence-corrected chi connectivity index (χ3v) is 3.96. The van der Waals surface area contributed by atoms with E-state index in [1.165, 1.54) is 5.56 Å². The maximum atomic E-state index is 12.0. The topological polar surface area (TPSA) is 58.6 Å². The van der Waals surface area contributed by atoms with Gasteiger partial charge in [0.25, 0.3) is 5.91 Å². The van der Waals surface area contributed by atoms with E-state index >= 15 is 0 Å². The van der Waals surface area contributed by atoms with Gasteiger partial charge in [-0.1, -0.05) is 30.5 Å². The Bertz CT molecular complexity index is 479. The number of benzene rings is 1. The second kappa shape index (κ2) is 6.27. The minimum atomic E-state index is -0.428. The van der Waals surface area contributed by atoms with Crippen LogP contribution in [0.3, 0.4) is 0 Å². The Labute approximate surface area is 120 Å². The highest BCUT2D eigenvalue weighted by molar-refractivity contribution is 5.78. The van der Waals surface area contributed by atoms with Crippen molar-refractivity contribution in [1.29, 1.82) is 0 Å². The summed E-state index contributed by atoms with van der Waals surface area (Å²) >= 11 is 0. The van der Waals surface area contributed by atoms with Gasteiger partial charge in [0.2, 0.25) is 0 Å². The number of aliphatic hydroxyl groups excluding tert-OH is 1. The standard InChI is InChI=1S/C16H23NO3/c1-12-5-6-14(13(2)9-12)20-10-15(19)17-16(11-18)7-3-4-8-16/h5-6,9,18H,3-4,7-8,10-11H2,1-2H3,(H,17,19). The average Bonchev–Trinajstić information content (AvgIpc) is 2.87. The second-order valence-electron chi connectivity index (χ2n) is 5.75. The molecule has 4 nitrogen and oxygen atoms in total. The molecule has 0 radical (unpaired) electrons. The number of rotatable bonds is 5. The molecule has 0 saturated heterocycles. The van der Waals surface area contributed by atoms with Gasteiger partial charge in [-0.2, -0.15) is 0 Å². The third-order valence-electron chi connectivity index (χ3n) is 3.96. The number of nitrogens with one attached hydrogen (secondary N) is 1. The van der Waals surface area contributed by atoms with Gasteiger partial charge in [-0.3, -0.25) is 4.79 Å². The summed E-state index contributed by atoms with van der Waals surface area (Å²) in [5, 5.41) is 12.4. The van der Waals surface area contributed by atoms with E-state index in [4.69, 9.17) is 4.74 Å². The van der Waals surface area contributed by atoms with Crippen molar-refractivity contribution in [3.05, 3.63) is 29.3 Å². The number of carbonyl (C=O) groups excluding carboxylic acids is 1. The Kier molecular flexibility index (Phi) is 4.65. The van der Waals surface area contributed by atoms with Crippen LogP contribution in [0.15, 0.2) is 18.2 Å². The molecule has 0 aliphatic heterocycles. The molecule has 1 amide bonds. The van der Waals surface area contributed by atoms with Crippen LogP contribution in [-0.4, -0.2) is 29.8 Å². The van der Waals surface area contributed by atoms with Gasteiger partial charge in [0.05, 0.1) is 12.1 Å². The molecule has 0 bridgehead atoms. The van der Waals surface area contributed by atoms with E-state index in [2.05, 4.69) is 5.32 Å². The van der Waals surface area contributed by atoms with Gasteiger partial charge >= 0.3 is 0 Å². The molecule has 0 atom stereocenters. The number of amides is 1. The Morgan fingerprint density at radius 3 is 2.65 bits per heavy atom. The van der Waals surface area contributed by atoms with Crippen LogP contribution in [0.1, 0.15) is 36.8 Å². The molecule has 1 aromatic rings. The predicted molar refractivity (Wildman–Crippen MR) is 77.8 cm³/mol. The number of carbonyl (C=O) groups is 1. The van der Waals surface area contributed by atoms with Crippen LogP contribution in [0.5, 0.6) is 5.75 Å². The highest BCUT2D eigenvalue weighted by atomic mass is 16.5. The van der Waals surface area contributed by atoms with Crippen LogP contribution in [0.2, 0.25) is 0 Å². The maximum Gasteiger partial charge on any atom is 0.258 e. The number of aryl methyl sites for hydroxylation is 2. The number of hydrogen-bond donors (Lipinski definition) is 2. The SMILES string of the molecule is Cc1ccc(OCC(=O)NC2(CO)CCCC2)c(C)c1. The smallest absolute Gasteiger partial charge is 0.258 e. The molecule has 0 aromatic heterocycles. The van der Waals surface area contributed by atoms with E-state index in [0.29, 0.717) is 0 Å². The van der Waals surface area contributed by atoms with Crippen molar-refractivity contribution < 1.29 is 14.6 Å². The summed E-state index contributed by atoms with van der Waals surface area (Å²) in [7, 11) is 0. The van der Waals surface area contributed by atoms with Crippen molar-refractivity contribution in [2.75, 3.05) is 13.2 Å². The third kappa shape index (κ3) is 3.51. The monoisotopic (exact) mass is 277 g/mol. The first-order chi connectivity index (χ1) is 9.54. The molecule has 0 unspecified atom stereocenters. The number of aliphatic hydroxyl groups is 1. The highest BCUT2D eigenvalue weighted by Gasteiger charge is 2.34. The summed E-state index contributed by atoms with van der Waals surface area (Å²) in [5.41, 5.74) is 1.77. The molecular weight excluding hydrogens is 254 g/mol. The fraction of sp³-hybridized carbons (Fsp3) is 0.562. The molecule has 1 aliphatic rings. The lowest BCUT2D eigenvalue weighted by molar-refractivity contribution is -0.125. The van der Waals surface area contributed by atoms with Crippen LogP contribution in [-0.2, 0) is 4.79 Å². The summed E-state index contributed by atoms with van der Waals surface area (Å²) in [6.45, 7) is 3.98. The van der Waals surface area contributed by atoms with E-state index in [1.54, 1.807) is 0 Å². The summed E-state index contributed by atoms with van der Waals surface area (Å²) in [6.07, 6.45) is 3.80. The van der Waals surface area contributed by atoms with Gasteiger partial charge in [0.15, 0.2) is 6.61 Å². The van der Waals surface area contributed by atoms with E-state index in [-0.39, 0.29) is 19.1 Å². The molecule has 20 heavy (non-hydrogen) atoms. The van der Waals surface area contributed by atoms with Crippen LogP contribution in [0.25, 0.3) is 0 Å². The lowest BCUT2D eigenvalue weighted by atomic mass is 9.99. The Morgan fingerprint density at radius 2 is 2.05 bits per heavy atom. The summed E-state index contributed by atoms with van der Waals surface area (Å²) in [5.74, 6) is 0.566. The Hall–Kier alpha value is -1.55. The van der Waals surface area contributed by atoms with Crippen molar-refractivity contribution in [3.63, 3.8) is 0 Å². The minimum absolute atomic E-state index is 0.00228. The van der Waals surface area contributed by atoms with Gasteiger partial charge in [-0.05, 0) is 38.3 Å². The zero-order chi connectivity index (χ0) is 14.6. The van der Waals surface area contributed by atoms with E-state index < -0.39 is 5.54 Å². The van der Waals surface area contributed by atoms with Crippen molar-refractivity contribution in [2.24, 2.45) is 0 Å².